The lowest BCUT2D eigenvalue weighted by molar-refractivity contribution is -0.115. The summed E-state index contributed by atoms with van der Waals surface area (Å²) < 4.78 is 6.17. The number of carbonyl (C=O) groups excluding carboxylic acids is 3. The molecule has 1 heterocycles. The Kier molecular flexibility index (Phi) is 4.82. The molecule has 0 unspecified atom stereocenters. The van der Waals surface area contributed by atoms with Crippen LogP contribution in [0.3, 0.4) is 0 Å². The molecule has 0 spiro atoms. The highest BCUT2D eigenvalue weighted by Crippen LogP contribution is 2.26. The lowest BCUT2D eigenvalue weighted by Crippen LogP contribution is -2.17. The summed E-state index contributed by atoms with van der Waals surface area (Å²) in [5, 5.41) is 1.81. The maximum Gasteiger partial charge on any atom is 0.343 e. The molecular weight excluding hydrogens is 394 g/mol. The molecule has 0 saturated carbocycles. The minimum absolute atomic E-state index is 0.333. The van der Waals surface area contributed by atoms with Crippen molar-refractivity contribution < 1.29 is 19.1 Å². The molecule has 2 aromatic carbocycles. The van der Waals surface area contributed by atoms with Crippen LogP contribution in [0.4, 0.5) is 4.79 Å². The average Bonchev–Trinajstić information content (AvgIpc) is 2.87. The van der Waals surface area contributed by atoms with Gasteiger partial charge in [0.05, 0.1) is 10.5 Å². The van der Waals surface area contributed by atoms with Gasteiger partial charge in [0.15, 0.2) is 0 Å². The van der Waals surface area contributed by atoms with Gasteiger partial charge in [-0.2, -0.15) is 0 Å². The Bertz CT molecular complexity index is 844. The number of nitrogens with one attached hydrogen (secondary N) is 1. The first kappa shape index (κ1) is 16.5. The van der Waals surface area contributed by atoms with Crippen molar-refractivity contribution in [2.45, 2.75) is 0 Å². The molecule has 2 aromatic rings. The number of halogens is 1. The Morgan fingerprint density at radius 2 is 1.71 bits per heavy atom. The van der Waals surface area contributed by atoms with Gasteiger partial charge in [-0.05, 0) is 59.8 Å². The van der Waals surface area contributed by atoms with E-state index in [4.69, 9.17) is 4.74 Å². The Labute approximate surface area is 150 Å². The summed E-state index contributed by atoms with van der Waals surface area (Å²) in [6.45, 7) is 0. The van der Waals surface area contributed by atoms with E-state index in [2.05, 4.69) is 21.2 Å². The van der Waals surface area contributed by atoms with Crippen LogP contribution >= 0.6 is 27.7 Å². The van der Waals surface area contributed by atoms with E-state index < -0.39 is 11.9 Å². The van der Waals surface area contributed by atoms with Crippen LogP contribution in [0.5, 0.6) is 5.75 Å². The number of thioether (sulfide) groups is 1. The van der Waals surface area contributed by atoms with E-state index in [-0.39, 0.29) is 5.24 Å². The predicted molar refractivity (Wildman–Crippen MR) is 94.6 cm³/mol. The lowest BCUT2D eigenvalue weighted by atomic mass is 10.2. The number of imide groups is 1. The van der Waals surface area contributed by atoms with Crippen LogP contribution in [0.15, 0.2) is 57.9 Å². The summed E-state index contributed by atoms with van der Waals surface area (Å²) in [7, 11) is 0. The molecule has 7 heteroatoms. The number of hydrogen-bond acceptors (Lipinski definition) is 5. The Morgan fingerprint density at radius 1 is 1.04 bits per heavy atom. The fourth-order valence-electron chi connectivity index (χ4n) is 1.96. The number of amides is 2. The quantitative estimate of drug-likeness (QED) is 0.476. The van der Waals surface area contributed by atoms with E-state index in [0.717, 1.165) is 21.8 Å². The zero-order chi connectivity index (χ0) is 17.1. The van der Waals surface area contributed by atoms with Crippen molar-refractivity contribution in [2.75, 3.05) is 0 Å². The second kappa shape index (κ2) is 7.02. The van der Waals surface area contributed by atoms with Gasteiger partial charge in [0.1, 0.15) is 5.75 Å². The third-order valence-corrected chi connectivity index (χ3v) is 4.45. The van der Waals surface area contributed by atoms with Gasteiger partial charge in [-0.3, -0.25) is 14.9 Å². The second-order valence-corrected chi connectivity index (χ2v) is 6.75. The summed E-state index contributed by atoms with van der Waals surface area (Å²) in [6.07, 6.45) is 1.60. The normalized spacial score (nSPS) is 15.5. The van der Waals surface area contributed by atoms with E-state index >= 15 is 0 Å². The first-order valence-corrected chi connectivity index (χ1v) is 8.45. The van der Waals surface area contributed by atoms with Crippen molar-refractivity contribution >= 4 is 50.9 Å². The smallest absolute Gasteiger partial charge is 0.343 e. The summed E-state index contributed by atoms with van der Waals surface area (Å²) in [4.78, 5) is 35.0. The molecule has 3 rings (SSSR count). The second-order valence-electron chi connectivity index (χ2n) is 4.82. The zero-order valence-electron chi connectivity index (χ0n) is 12.1. The highest BCUT2D eigenvalue weighted by atomic mass is 79.9. The number of benzene rings is 2. The van der Waals surface area contributed by atoms with E-state index in [1.165, 1.54) is 0 Å². The molecule has 0 atom stereocenters. The standard InChI is InChI=1S/C17H10BrNO4S/c18-12-5-3-11(4-6-12)16(21)23-13-7-1-10(2-8-13)9-14-15(20)19-17(22)24-14/h1-9H,(H,19,20,22)/b14-9+. The van der Waals surface area contributed by atoms with Gasteiger partial charge in [-0.1, -0.05) is 28.1 Å². The molecule has 5 nitrogen and oxygen atoms in total. The molecule has 0 aromatic heterocycles. The Balaban J connectivity index is 1.69. The number of carbonyl (C=O) groups is 3. The molecule has 1 aliphatic rings. The van der Waals surface area contributed by atoms with Crippen molar-refractivity contribution in [1.29, 1.82) is 0 Å². The van der Waals surface area contributed by atoms with Gasteiger partial charge in [-0.15, -0.1) is 0 Å². The van der Waals surface area contributed by atoms with Crippen molar-refractivity contribution in [3.8, 4) is 5.75 Å². The zero-order valence-corrected chi connectivity index (χ0v) is 14.5. The van der Waals surface area contributed by atoms with Gasteiger partial charge >= 0.3 is 5.97 Å². The summed E-state index contributed by atoms with van der Waals surface area (Å²) in [5.41, 5.74) is 1.17. The van der Waals surface area contributed by atoms with Crippen molar-refractivity contribution in [1.82, 2.24) is 5.32 Å². The predicted octanol–water partition coefficient (Wildman–Crippen LogP) is 3.99. The van der Waals surface area contributed by atoms with Gasteiger partial charge < -0.3 is 4.74 Å². The van der Waals surface area contributed by atoms with Gasteiger partial charge in [-0.25, -0.2) is 4.79 Å². The Morgan fingerprint density at radius 3 is 2.29 bits per heavy atom. The van der Waals surface area contributed by atoms with Crippen LogP contribution < -0.4 is 10.1 Å². The minimum Gasteiger partial charge on any atom is -0.423 e. The van der Waals surface area contributed by atoms with E-state index in [9.17, 15) is 14.4 Å². The first-order chi connectivity index (χ1) is 11.5. The van der Waals surface area contributed by atoms with Crippen LogP contribution in [0.1, 0.15) is 15.9 Å². The van der Waals surface area contributed by atoms with Gasteiger partial charge in [0.25, 0.3) is 11.1 Å². The third kappa shape index (κ3) is 3.93. The maximum absolute atomic E-state index is 12.0. The lowest BCUT2D eigenvalue weighted by Gasteiger charge is -2.05. The molecular formula is C17H10BrNO4S. The summed E-state index contributed by atoms with van der Waals surface area (Å²) >= 11 is 4.16. The SMILES string of the molecule is O=C1NC(=O)/C(=C\c2ccc(OC(=O)c3ccc(Br)cc3)cc2)S1. The molecule has 1 fully saturated rings. The number of ether oxygens (including phenoxy) is 1. The fourth-order valence-corrected chi connectivity index (χ4v) is 2.90. The Hall–Kier alpha value is -2.38. The highest BCUT2D eigenvalue weighted by molar-refractivity contribution is 9.10. The molecule has 1 saturated heterocycles. The molecule has 0 bridgehead atoms. The topological polar surface area (TPSA) is 72.5 Å². The molecule has 1 aliphatic heterocycles. The van der Waals surface area contributed by atoms with Crippen LogP contribution in [-0.2, 0) is 4.79 Å². The van der Waals surface area contributed by atoms with Crippen LogP contribution in [0, 0.1) is 0 Å². The van der Waals surface area contributed by atoms with Crippen molar-refractivity contribution in [3.05, 3.63) is 69.0 Å². The average molecular weight is 404 g/mol. The van der Waals surface area contributed by atoms with E-state index in [1.807, 2.05) is 0 Å². The fraction of sp³-hybridized carbons (Fsp3) is 0. The third-order valence-electron chi connectivity index (χ3n) is 3.11. The number of rotatable bonds is 3. The van der Waals surface area contributed by atoms with Gasteiger partial charge in [0.2, 0.25) is 0 Å². The van der Waals surface area contributed by atoms with E-state index in [0.29, 0.717) is 16.2 Å². The molecule has 0 radical (unpaired) electrons. The van der Waals surface area contributed by atoms with Crippen molar-refractivity contribution in [2.24, 2.45) is 0 Å². The maximum atomic E-state index is 12.0. The van der Waals surface area contributed by atoms with Crippen LogP contribution in [-0.4, -0.2) is 17.1 Å². The molecule has 120 valence electrons. The molecule has 24 heavy (non-hydrogen) atoms. The van der Waals surface area contributed by atoms with Crippen LogP contribution in [0.2, 0.25) is 0 Å². The summed E-state index contributed by atoms with van der Waals surface area (Å²) in [6, 6.07) is 13.5. The molecule has 2 amide bonds. The van der Waals surface area contributed by atoms with E-state index in [1.54, 1.807) is 54.6 Å². The number of esters is 1. The van der Waals surface area contributed by atoms with Crippen molar-refractivity contribution in [3.63, 3.8) is 0 Å². The molecule has 1 N–H and O–H groups in total. The first-order valence-electron chi connectivity index (χ1n) is 6.84. The van der Waals surface area contributed by atoms with Gasteiger partial charge in [0, 0.05) is 4.47 Å². The number of hydrogen-bond donors (Lipinski definition) is 1. The van der Waals surface area contributed by atoms with Crippen LogP contribution in [0.25, 0.3) is 6.08 Å². The largest absolute Gasteiger partial charge is 0.423 e. The monoisotopic (exact) mass is 403 g/mol. The highest BCUT2D eigenvalue weighted by Gasteiger charge is 2.24. The minimum atomic E-state index is -0.454. The molecule has 0 aliphatic carbocycles. The summed E-state index contributed by atoms with van der Waals surface area (Å²) in [5.74, 6) is -0.467.